The standard InChI is InChI=1S/C40H62ClN9O18S2/c1-7-19(3)30-39(59)67-21(5)31(48-35(55)28(68-70(63,64)65)18-66-69(60,61)62)36(56)45-24(10-9-15-44-40(42)43)33(53)46-25-12-14-29(52)50(37(25)57)32(20(4)8-2)38(58)49(6)26(34(54)47-30)17-22-11-13-27(51)23(41)16-22/h11,13,16,19-21,24-26,28-32,51-52H,7-10,12,14-15,17-18H2,1-6H3,(H,45,56)(H,46,53)(H,47,54)(H,48,55)(H4,42,43,44)(H,60,61,62)(H,63,64,65)/t19-,20-,21+,24-,25-,26?,28+,29+,30-,31-,32-/m0/s1. The molecule has 30 heteroatoms. The van der Waals surface area contributed by atoms with Gasteiger partial charge in [-0.25, -0.2) is 13.2 Å². The lowest BCUT2D eigenvalue weighted by atomic mass is 9.91. The number of carbonyl (C=O) groups excluding carboxylic acids is 7. The van der Waals surface area contributed by atoms with Crippen LogP contribution in [0.5, 0.6) is 5.75 Å². The molecule has 2 fully saturated rings. The van der Waals surface area contributed by atoms with Gasteiger partial charge in [0, 0.05) is 20.0 Å². The SMILES string of the molecule is CC[C@H](C)[C@@H]1NC(=O)C(Cc2ccc(O)c(Cl)c2)N(C)C(=O)[C@H]([C@@H](C)CC)N2C(=O)[C@H](CC[C@H]2O)NC(=O)[C@H](CCCN=C(N)N)NC(=O)[C@@H](NC(=O)[C@@H](COS(=O)(=O)O)OS(=O)(=O)O)[C@@H](C)OC1=O. The number of phenolic OH excluding ortho intramolecular Hbond substituents is 1. The molecule has 2 bridgehead atoms. The van der Waals surface area contributed by atoms with E-state index < -0.39 is 135 Å². The molecule has 0 spiro atoms. The molecule has 12 N–H and O–H groups in total. The summed E-state index contributed by atoms with van der Waals surface area (Å²) in [5, 5.41) is 31.0. The van der Waals surface area contributed by atoms with Gasteiger partial charge in [0.2, 0.25) is 29.5 Å². The van der Waals surface area contributed by atoms with E-state index in [4.69, 9.17) is 32.4 Å². The molecule has 1 unspecified atom stereocenters. The van der Waals surface area contributed by atoms with Crippen LogP contribution in [0.2, 0.25) is 5.02 Å². The Morgan fingerprint density at radius 1 is 0.957 bits per heavy atom. The second-order valence-corrected chi connectivity index (χ2v) is 19.4. The van der Waals surface area contributed by atoms with Crippen LogP contribution in [-0.2, 0) is 73.9 Å². The predicted octanol–water partition coefficient (Wildman–Crippen LogP) is -2.24. The lowest BCUT2D eigenvalue weighted by molar-refractivity contribution is -0.168. The molecule has 6 amide bonds. The Bertz CT molecular complexity index is 2340. The van der Waals surface area contributed by atoms with Crippen LogP contribution in [0.1, 0.15) is 78.7 Å². The van der Waals surface area contributed by atoms with E-state index in [2.05, 4.69) is 29.3 Å². The van der Waals surface area contributed by atoms with Gasteiger partial charge in [0.05, 0.1) is 5.02 Å². The number of carbonyl (C=O) groups is 7. The monoisotopic (exact) mass is 1060 g/mol. The minimum Gasteiger partial charge on any atom is -0.506 e. The number of likely N-dealkylation sites (N-methyl/N-ethyl adjacent to an activating group) is 1. The number of guanidine groups is 1. The number of esters is 1. The molecule has 1 aromatic rings. The van der Waals surface area contributed by atoms with Gasteiger partial charge < -0.3 is 57.5 Å². The number of nitrogens with zero attached hydrogens (tertiary/aromatic N) is 3. The summed E-state index contributed by atoms with van der Waals surface area (Å²) >= 11 is 6.21. The average Bonchev–Trinajstić information content (AvgIpc) is 3.27. The molecule has 2 saturated heterocycles. The van der Waals surface area contributed by atoms with E-state index >= 15 is 0 Å². The molecular weight excluding hydrogens is 994 g/mol. The van der Waals surface area contributed by atoms with Crippen molar-refractivity contribution in [3.63, 3.8) is 0 Å². The van der Waals surface area contributed by atoms with E-state index in [9.17, 15) is 65.2 Å². The highest BCUT2D eigenvalue weighted by atomic mass is 35.5. The average molecular weight is 1060 g/mol. The predicted molar refractivity (Wildman–Crippen MR) is 245 cm³/mol. The molecule has 0 radical (unpaired) electrons. The van der Waals surface area contributed by atoms with E-state index in [0.717, 1.165) is 16.7 Å². The van der Waals surface area contributed by atoms with Gasteiger partial charge in [-0.1, -0.05) is 58.2 Å². The third-order valence-electron chi connectivity index (χ3n) is 11.8. The summed E-state index contributed by atoms with van der Waals surface area (Å²) in [6.07, 6.45) is -6.60. The van der Waals surface area contributed by atoms with Gasteiger partial charge >= 0.3 is 26.8 Å². The Morgan fingerprint density at radius 2 is 1.60 bits per heavy atom. The number of amides is 6. The highest BCUT2D eigenvalue weighted by molar-refractivity contribution is 7.81. The number of aliphatic hydroxyl groups excluding tert-OH is 1. The summed E-state index contributed by atoms with van der Waals surface area (Å²) in [6, 6.07) is -5.83. The van der Waals surface area contributed by atoms with Crippen LogP contribution in [0, 0.1) is 11.8 Å². The Labute approximate surface area is 409 Å². The van der Waals surface area contributed by atoms with Gasteiger partial charge in [0.15, 0.2) is 12.1 Å². The van der Waals surface area contributed by atoms with Gasteiger partial charge in [-0.2, -0.15) is 16.8 Å². The van der Waals surface area contributed by atoms with Gasteiger partial charge in [-0.3, -0.25) is 42.9 Å². The van der Waals surface area contributed by atoms with Crippen molar-refractivity contribution in [2.75, 3.05) is 20.2 Å². The van der Waals surface area contributed by atoms with Crippen LogP contribution in [0.4, 0.5) is 0 Å². The minimum absolute atomic E-state index is 0.0245. The molecule has 0 aliphatic carbocycles. The summed E-state index contributed by atoms with van der Waals surface area (Å²) < 4.78 is 78.6. The van der Waals surface area contributed by atoms with E-state index in [-0.39, 0.29) is 68.2 Å². The van der Waals surface area contributed by atoms with Crippen LogP contribution < -0.4 is 32.7 Å². The van der Waals surface area contributed by atoms with Crippen molar-refractivity contribution >= 4 is 79.8 Å². The number of hydrogen-bond donors (Lipinski definition) is 10. The summed E-state index contributed by atoms with van der Waals surface area (Å²) in [6.45, 7) is 5.89. The first-order valence-corrected chi connectivity index (χ1v) is 25.1. The summed E-state index contributed by atoms with van der Waals surface area (Å²) in [4.78, 5) is 106. The van der Waals surface area contributed by atoms with Crippen LogP contribution in [0.15, 0.2) is 23.2 Å². The van der Waals surface area contributed by atoms with E-state index in [1.54, 1.807) is 27.7 Å². The molecule has 70 heavy (non-hydrogen) atoms. The minimum atomic E-state index is -5.60. The van der Waals surface area contributed by atoms with Gasteiger partial charge in [-0.15, -0.1) is 0 Å². The first-order valence-electron chi connectivity index (χ1n) is 22.0. The molecule has 2 heterocycles. The first kappa shape index (κ1) is 58.9. The Kier molecular flexibility index (Phi) is 21.5. The number of benzene rings is 1. The fourth-order valence-corrected chi connectivity index (χ4v) is 8.46. The summed E-state index contributed by atoms with van der Waals surface area (Å²) in [5.74, 6) is -10.1. The number of phenols is 1. The molecule has 11 atom stereocenters. The number of hydrogen-bond acceptors (Lipinski definition) is 17. The number of fused-ring (bicyclic) bond motifs is 2. The molecule has 394 valence electrons. The maximum Gasteiger partial charge on any atom is 0.398 e. The molecule has 2 aliphatic heterocycles. The maximum absolute atomic E-state index is 14.9. The molecule has 0 saturated carbocycles. The number of nitrogens with two attached hydrogens (primary N) is 2. The molecule has 1 aromatic carbocycles. The van der Waals surface area contributed by atoms with Gasteiger partial charge in [0.25, 0.3) is 5.91 Å². The van der Waals surface area contributed by atoms with Crippen molar-refractivity contribution in [3.8, 4) is 5.75 Å². The normalized spacial score (nSPS) is 26.0. The number of aromatic hydroxyl groups is 1. The fourth-order valence-electron chi connectivity index (χ4n) is 7.52. The largest absolute Gasteiger partial charge is 0.506 e. The number of rotatable bonds is 17. The second kappa shape index (κ2) is 25.6. The highest BCUT2D eigenvalue weighted by Crippen LogP contribution is 2.29. The van der Waals surface area contributed by atoms with Gasteiger partial charge in [0.1, 0.15) is 60.9 Å². The third kappa shape index (κ3) is 16.9. The number of halogens is 1. The summed E-state index contributed by atoms with van der Waals surface area (Å²) in [5.41, 5.74) is 11.2. The Hall–Kier alpha value is -5.43. The quantitative estimate of drug-likeness (QED) is 0.0259. The summed E-state index contributed by atoms with van der Waals surface area (Å²) in [7, 11) is -9.72. The molecule has 2 aliphatic rings. The molecular formula is C40H62ClN9O18S2. The lowest BCUT2D eigenvalue weighted by Gasteiger charge is -2.44. The van der Waals surface area contributed by atoms with Crippen molar-refractivity contribution in [1.29, 1.82) is 0 Å². The first-order chi connectivity index (χ1) is 32.5. The van der Waals surface area contributed by atoms with Crippen molar-refractivity contribution < 1.29 is 82.8 Å². The molecule has 0 aromatic heterocycles. The topological polar surface area (TPSA) is 415 Å². The van der Waals surface area contributed by atoms with Crippen molar-refractivity contribution in [3.05, 3.63) is 28.8 Å². The fraction of sp³-hybridized carbons (Fsp3) is 0.650. The lowest BCUT2D eigenvalue weighted by Crippen LogP contribution is -2.66. The zero-order valence-corrected chi connectivity index (χ0v) is 41.5. The van der Waals surface area contributed by atoms with Crippen LogP contribution in [-0.4, -0.2) is 168 Å². The number of cyclic esters (lactones) is 1. The number of piperidine rings is 1. The van der Waals surface area contributed by atoms with E-state index in [0.29, 0.717) is 5.56 Å². The van der Waals surface area contributed by atoms with Crippen LogP contribution in [0.25, 0.3) is 0 Å². The zero-order valence-electron chi connectivity index (χ0n) is 39.1. The number of ether oxygens (including phenoxy) is 1. The second-order valence-electron chi connectivity index (χ2n) is 16.9. The van der Waals surface area contributed by atoms with Crippen LogP contribution >= 0.6 is 11.6 Å². The Balaban J connectivity index is 2.31. The number of aliphatic imine (C=N–C) groups is 1. The number of aliphatic hydroxyl groups is 1. The highest BCUT2D eigenvalue weighted by Gasteiger charge is 2.47. The van der Waals surface area contributed by atoms with Crippen LogP contribution in [0.3, 0.4) is 0 Å². The maximum atomic E-state index is 14.9. The Morgan fingerprint density at radius 3 is 2.17 bits per heavy atom. The molecule has 27 nitrogen and oxygen atoms in total. The number of nitrogens with one attached hydrogen (secondary N) is 4. The molecule has 3 rings (SSSR count). The van der Waals surface area contributed by atoms with Crippen molar-refractivity contribution in [2.45, 2.75) is 134 Å². The van der Waals surface area contributed by atoms with Crippen molar-refractivity contribution in [2.24, 2.45) is 28.3 Å². The zero-order chi connectivity index (χ0) is 53.0. The van der Waals surface area contributed by atoms with Crippen molar-refractivity contribution in [1.82, 2.24) is 31.1 Å². The van der Waals surface area contributed by atoms with Gasteiger partial charge in [-0.05, 0) is 62.1 Å². The van der Waals surface area contributed by atoms with E-state index in [1.165, 1.54) is 25.2 Å². The smallest absolute Gasteiger partial charge is 0.398 e. The van der Waals surface area contributed by atoms with E-state index in [1.807, 2.05) is 5.32 Å². The third-order valence-corrected chi connectivity index (χ3v) is 13.0.